The molecule has 84 valence electrons. The summed E-state index contributed by atoms with van der Waals surface area (Å²) in [5.41, 5.74) is 1.21. The van der Waals surface area contributed by atoms with Crippen LogP contribution in [-0.2, 0) is 6.54 Å². The molecule has 0 saturated heterocycles. The molecule has 1 N–H and O–H groups in total. The minimum Gasteiger partial charge on any atom is -0.305 e. The van der Waals surface area contributed by atoms with Crippen LogP contribution in [-0.4, -0.2) is 4.98 Å². The van der Waals surface area contributed by atoms with Gasteiger partial charge in [-0.05, 0) is 45.9 Å². The highest BCUT2D eigenvalue weighted by Crippen LogP contribution is 2.28. The molecule has 2 aromatic heterocycles. The number of aromatic nitrogens is 1. The van der Waals surface area contributed by atoms with Crippen LogP contribution in [0.3, 0.4) is 0 Å². The number of pyridine rings is 1. The van der Waals surface area contributed by atoms with Crippen LogP contribution in [0.15, 0.2) is 40.4 Å². The van der Waals surface area contributed by atoms with E-state index in [9.17, 15) is 0 Å². The van der Waals surface area contributed by atoms with Crippen molar-refractivity contribution in [3.8, 4) is 0 Å². The lowest BCUT2D eigenvalue weighted by atomic mass is 10.2. The van der Waals surface area contributed by atoms with Crippen molar-refractivity contribution in [2.24, 2.45) is 0 Å². The van der Waals surface area contributed by atoms with Crippen molar-refractivity contribution in [2.45, 2.75) is 19.5 Å². The highest BCUT2D eigenvalue weighted by atomic mass is 79.9. The minimum atomic E-state index is 0.356. The molecule has 16 heavy (non-hydrogen) atoms. The molecule has 0 radical (unpaired) electrons. The first-order chi connectivity index (χ1) is 7.77. The van der Waals surface area contributed by atoms with Gasteiger partial charge in [0, 0.05) is 34.3 Å². The summed E-state index contributed by atoms with van der Waals surface area (Å²) in [6, 6.07) is 6.48. The summed E-state index contributed by atoms with van der Waals surface area (Å²) in [5.74, 6) is 0. The van der Waals surface area contributed by atoms with Crippen molar-refractivity contribution in [3.63, 3.8) is 0 Å². The van der Waals surface area contributed by atoms with E-state index >= 15 is 0 Å². The summed E-state index contributed by atoms with van der Waals surface area (Å²) in [6.07, 6.45) is 3.69. The van der Waals surface area contributed by atoms with Gasteiger partial charge in [-0.25, -0.2) is 0 Å². The van der Waals surface area contributed by atoms with Gasteiger partial charge in [-0.1, -0.05) is 6.07 Å². The second kappa shape index (κ2) is 5.57. The van der Waals surface area contributed by atoms with E-state index in [1.807, 2.05) is 12.3 Å². The minimum absolute atomic E-state index is 0.356. The van der Waals surface area contributed by atoms with Crippen LogP contribution in [0.1, 0.15) is 23.4 Å². The van der Waals surface area contributed by atoms with Gasteiger partial charge in [0.2, 0.25) is 0 Å². The molecular formula is C12H13BrN2S. The molecule has 0 aliphatic carbocycles. The van der Waals surface area contributed by atoms with E-state index in [1.165, 1.54) is 14.9 Å². The monoisotopic (exact) mass is 296 g/mol. The van der Waals surface area contributed by atoms with Crippen molar-refractivity contribution < 1.29 is 0 Å². The third-order valence-corrected chi connectivity index (χ3v) is 4.43. The quantitative estimate of drug-likeness (QED) is 0.929. The Balaban J connectivity index is 1.94. The largest absolute Gasteiger partial charge is 0.305 e. The van der Waals surface area contributed by atoms with Crippen LogP contribution in [0.25, 0.3) is 0 Å². The van der Waals surface area contributed by atoms with E-state index in [4.69, 9.17) is 0 Å². The predicted molar refractivity (Wildman–Crippen MR) is 71.5 cm³/mol. The third kappa shape index (κ3) is 2.90. The topological polar surface area (TPSA) is 24.9 Å². The summed E-state index contributed by atoms with van der Waals surface area (Å²) < 4.78 is 1.18. The number of thiophene rings is 1. The van der Waals surface area contributed by atoms with Gasteiger partial charge in [0.1, 0.15) is 0 Å². The molecule has 0 aliphatic heterocycles. The van der Waals surface area contributed by atoms with Crippen LogP contribution >= 0.6 is 27.3 Å². The average Bonchev–Trinajstić information content (AvgIpc) is 2.74. The van der Waals surface area contributed by atoms with Crippen molar-refractivity contribution in [3.05, 3.63) is 50.9 Å². The van der Waals surface area contributed by atoms with Gasteiger partial charge >= 0.3 is 0 Å². The normalized spacial score (nSPS) is 12.6. The van der Waals surface area contributed by atoms with Crippen LogP contribution in [0, 0.1) is 0 Å². The molecule has 4 heteroatoms. The zero-order valence-corrected chi connectivity index (χ0v) is 11.4. The summed E-state index contributed by atoms with van der Waals surface area (Å²) in [7, 11) is 0. The number of nitrogens with zero attached hydrogens (tertiary/aromatic N) is 1. The summed E-state index contributed by atoms with van der Waals surface area (Å²) in [4.78, 5) is 5.43. The Morgan fingerprint density at radius 1 is 1.50 bits per heavy atom. The number of halogens is 1. The first-order valence-electron chi connectivity index (χ1n) is 5.12. The van der Waals surface area contributed by atoms with Gasteiger partial charge in [-0.2, -0.15) is 0 Å². The van der Waals surface area contributed by atoms with Crippen molar-refractivity contribution in [2.75, 3.05) is 0 Å². The van der Waals surface area contributed by atoms with E-state index in [1.54, 1.807) is 17.5 Å². The maximum Gasteiger partial charge on any atom is 0.0400 e. The molecule has 0 saturated carbocycles. The fraction of sp³-hybridized carbons (Fsp3) is 0.250. The molecule has 0 fully saturated rings. The molecule has 1 unspecified atom stereocenters. The molecule has 2 heterocycles. The number of rotatable bonds is 4. The van der Waals surface area contributed by atoms with Crippen LogP contribution in [0.4, 0.5) is 0 Å². The van der Waals surface area contributed by atoms with E-state index in [-0.39, 0.29) is 0 Å². The molecule has 0 bridgehead atoms. The van der Waals surface area contributed by atoms with E-state index in [0.29, 0.717) is 6.04 Å². The zero-order valence-electron chi connectivity index (χ0n) is 8.98. The number of hydrogen-bond donors (Lipinski definition) is 1. The molecule has 0 spiro atoms. The van der Waals surface area contributed by atoms with Gasteiger partial charge in [-0.3, -0.25) is 4.98 Å². The fourth-order valence-corrected chi connectivity index (χ4v) is 3.23. The SMILES string of the molecule is CC(NCc1cccnc1)c1sccc1Br. The lowest BCUT2D eigenvalue weighted by Crippen LogP contribution is -2.17. The summed E-state index contributed by atoms with van der Waals surface area (Å²) >= 11 is 5.32. The maximum atomic E-state index is 4.10. The van der Waals surface area contributed by atoms with E-state index < -0.39 is 0 Å². The highest BCUT2D eigenvalue weighted by molar-refractivity contribution is 9.10. The highest BCUT2D eigenvalue weighted by Gasteiger charge is 2.09. The second-order valence-corrected chi connectivity index (χ2v) is 5.40. The lowest BCUT2D eigenvalue weighted by molar-refractivity contribution is 0.580. The molecule has 1 atom stereocenters. The van der Waals surface area contributed by atoms with Crippen LogP contribution < -0.4 is 5.32 Å². The molecule has 0 amide bonds. The Morgan fingerprint density at radius 3 is 3.00 bits per heavy atom. The van der Waals surface area contributed by atoms with Crippen molar-refractivity contribution >= 4 is 27.3 Å². The predicted octanol–water partition coefficient (Wildman–Crippen LogP) is 3.76. The molecular weight excluding hydrogens is 284 g/mol. The van der Waals surface area contributed by atoms with Crippen LogP contribution in [0.5, 0.6) is 0 Å². The van der Waals surface area contributed by atoms with Gasteiger partial charge < -0.3 is 5.32 Å². The second-order valence-electron chi connectivity index (χ2n) is 3.60. The first kappa shape index (κ1) is 11.8. The van der Waals surface area contributed by atoms with Gasteiger partial charge in [0.05, 0.1) is 0 Å². The third-order valence-electron chi connectivity index (χ3n) is 2.37. The number of nitrogens with one attached hydrogen (secondary N) is 1. The van der Waals surface area contributed by atoms with Gasteiger partial charge in [-0.15, -0.1) is 11.3 Å². The lowest BCUT2D eigenvalue weighted by Gasteiger charge is -2.12. The van der Waals surface area contributed by atoms with Crippen LogP contribution in [0.2, 0.25) is 0 Å². The van der Waals surface area contributed by atoms with Crippen molar-refractivity contribution in [1.29, 1.82) is 0 Å². The Morgan fingerprint density at radius 2 is 2.38 bits per heavy atom. The summed E-state index contributed by atoms with van der Waals surface area (Å²) in [5, 5.41) is 5.58. The zero-order chi connectivity index (χ0) is 11.4. The van der Waals surface area contributed by atoms with Gasteiger partial charge in [0.25, 0.3) is 0 Å². The Kier molecular flexibility index (Phi) is 4.09. The molecule has 2 rings (SSSR count). The Bertz CT molecular complexity index is 441. The number of hydrogen-bond acceptors (Lipinski definition) is 3. The smallest absolute Gasteiger partial charge is 0.0400 e. The van der Waals surface area contributed by atoms with E-state index in [0.717, 1.165) is 6.54 Å². The maximum absolute atomic E-state index is 4.10. The Hall–Kier alpha value is -0.710. The molecule has 2 aromatic rings. The Labute approximate surface area is 108 Å². The molecule has 0 aromatic carbocycles. The molecule has 2 nitrogen and oxygen atoms in total. The average molecular weight is 297 g/mol. The van der Waals surface area contributed by atoms with Crippen molar-refractivity contribution in [1.82, 2.24) is 10.3 Å². The van der Waals surface area contributed by atoms with E-state index in [2.05, 4.69) is 50.7 Å². The first-order valence-corrected chi connectivity index (χ1v) is 6.80. The fourth-order valence-electron chi connectivity index (χ4n) is 1.48. The van der Waals surface area contributed by atoms with Gasteiger partial charge in [0.15, 0.2) is 0 Å². The molecule has 0 aliphatic rings. The standard InChI is InChI=1S/C12H13BrN2S/c1-9(12-11(13)4-6-16-12)15-8-10-3-2-5-14-7-10/h2-7,9,15H,8H2,1H3. The summed E-state index contributed by atoms with van der Waals surface area (Å²) in [6.45, 7) is 3.02.